The molecule has 0 aliphatic rings. The number of halogens is 2. The maximum absolute atomic E-state index is 11.3. The molecule has 0 bridgehead atoms. The summed E-state index contributed by atoms with van der Waals surface area (Å²) in [5, 5.41) is 0.498. The maximum atomic E-state index is 11.3. The molecule has 0 unspecified atom stereocenters. The number of rotatable bonds is 5. The van der Waals surface area contributed by atoms with Gasteiger partial charge in [0, 0.05) is 31.3 Å². The van der Waals surface area contributed by atoms with Gasteiger partial charge in [-0.05, 0) is 6.07 Å². The lowest BCUT2D eigenvalue weighted by molar-refractivity contribution is 0.593. The zero-order chi connectivity index (χ0) is 14.0. The van der Waals surface area contributed by atoms with E-state index in [2.05, 4.69) is 9.97 Å². The summed E-state index contributed by atoms with van der Waals surface area (Å²) in [6, 6.07) is 1.71. The second-order valence-corrected chi connectivity index (χ2v) is 7.32. The summed E-state index contributed by atoms with van der Waals surface area (Å²) in [6.45, 7) is 0.316. The van der Waals surface area contributed by atoms with Crippen molar-refractivity contribution in [3.05, 3.63) is 23.1 Å². The quantitative estimate of drug-likeness (QED) is 0.789. The molecule has 2 heterocycles. The molecule has 104 valence electrons. The second-order valence-electron chi connectivity index (χ2n) is 4.24. The molecule has 5 nitrogen and oxygen atoms in total. The van der Waals surface area contributed by atoms with Crippen LogP contribution in [0.3, 0.4) is 0 Å². The second kappa shape index (κ2) is 5.64. The molecule has 8 heteroatoms. The minimum absolute atomic E-state index is 0.0397. The van der Waals surface area contributed by atoms with Crippen LogP contribution in [0.1, 0.15) is 5.82 Å². The van der Waals surface area contributed by atoms with Crippen molar-refractivity contribution in [1.29, 1.82) is 0 Å². The predicted octanol–water partition coefficient (Wildman–Crippen LogP) is 1.91. The van der Waals surface area contributed by atoms with Gasteiger partial charge in [0.05, 0.1) is 10.8 Å². The lowest BCUT2D eigenvalue weighted by atomic mass is 10.4. The molecule has 0 atom stereocenters. The first-order valence-corrected chi connectivity index (χ1v) is 8.62. The number of nitrogens with zero attached hydrogens (tertiary/aromatic N) is 3. The van der Waals surface area contributed by atoms with Crippen molar-refractivity contribution in [3.63, 3.8) is 0 Å². The molecular formula is C11H13Cl2N3O2S. The lowest BCUT2D eigenvalue weighted by Gasteiger charge is -2.06. The molecule has 0 radical (unpaired) electrons. The van der Waals surface area contributed by atoms with Crippen LogP contribution >= 0.6 is 23.2 Å². The zero-order valence-corrected chi connectivity index (χ0v) is 12.6. The number of fused-ring (bicyclic) bond motifs is 1. The van der Waals surface area contributed by atoms with E-state index in [0.29, 0.717) is 35.0 Å². The Kier molecular flexibility index (Phi) is 4.32. The molecule has 0 amide bonds. The molecule has 0 spiro atoms. The molecule has 2 aromatic rings. The lowest BCUT2D eigenvalue weighted by Crippen LogP contribution is -2.14. The highest BCUT2D eigenvalue weighted by Gasteiger charge is 2.13. The summed E-state index contributed by atoms with van der Waals surface area (Å²) in [4.78, 5) is 8.62. The van der Waals surface area contributed by atoms with Crippen LogP contribution in [0.25, 0.3) is 11.2 Å². The number of hydrogen-bond acceptors (Lipinski definition) is 4. The van der Waals surface area contributed by atoms with Crippen LogP contribution in [0.15, 0.2) is 12.3 Å². The first-order valence-electron chi connectivity index (χ1n) is 5.65. The van der Waals surface area contributed by atoms with E-state index in [-0.39, 0.29) is 5.75 Å². The maximum Gasteiger partial charge on any atom is 0.160 e. The standard InChI is InChI=1S/C11H13Cl2N3O2S/c1-19(17,18)5-4-16-10(2-3-12)15-9-6-8(13)7-14-11(9)16/h6-7H,2-5H2,1H3. The minimum Gasteiger partial charge on any atom is -0.312 e. The Morgan fingerprint density at radius 1 is 1.42 bits per heavy atom. The Morgan fingerprint density at radius 2 is 2.16 bits per heavy atom. The minimum atomic E-state index is -3.04. The van der Waals surface area contributed by atoms with Crippen LogP contribution in [-0.2, 0) is 22.8 Å². The SMILES string of the molecule is CS(=O)(=O)CCn1c(CCCl)nc2cc(Cl)cnc21. The molecule has 0 saturated carbocycles. The van der Waals surface area contributed by atoms with Crippen LogP contribution in [0.4, 0.5) is 0 Å². The van der Waals surface area contributed by atoms with Gasteiger partial charge in [-0.2, -0.15) is 0 Å². The Labute approximate surface area is 121 Å². The molecule has 2 aromatic heterocycles. The molecule has 0 aliphatic heterocycles. The van der Waals surface area contributed by atoms with Crippen molar-refractivity contribution in [2.24, 2.45) is 0 Å². The van der Waals surface area contributed by atoms with Gasteiger partial charge >= 0.3 is 0 Å². The van der Waals surface area contributed by atoms with Crippen LogP contribution in [-0.4, -0.2) is 40.8 Å². The summed E-state index contributed by atoms with van der Waals surface area (Å²) in [5.74, 6) is 1.18. The number of hydrogen-bond donors (Lipinski definition) is 0. The number of aryl methyl sites for hydroxylation is 2. The summed E-state index contributed by atoms with van der Waals surface area (Å²) in [6.07, 6.45) is 3.28. The molecular weight excluding hydrogens is 309 g/mol. The highest BCUT2D eigenvalue weighted by atomic mass is 35.5. The van der Waals surface area contributed by atoms with E-state index in [1.807, 2.05) is 0 Å². The molecule has 0 aliphatic carbocycles. The summed E-state index contributed by atoms with van der Waals surface area (Å²) < 4.78 is 24.4. The average Bonchev–Trinajstić information content (AvgIpc) is 2.62. The molecule has 0 saturated heterocycles. The third kappa shape index (κ3) is 3.58. The smallest absolute Gasteiger partial charge is 0.160 e. The molecule has 19 heavy (non-hydrogen) atoms. The Balaban J connectivity index is 2.45. The third-order valence-electron chi connectivity index (χ3n) is 2.63. The third-order valence-corrected chi connectivity index (χ3v) is 3.95. The molecule has 2 rings (SSSR count). The van der Waals surface area contributed by atoms with Gasteiger partial charge in [0.2, 0.25) is 0 Å². The molecule has 0 aromatic carbocycles. The summed E-state index contributed by atoms with van der Waals surface area (Å²) in [7, 11) is -3.04. The highest BCUT2D eigenvalue weighted by molar-refractivity contribution is 7.90. The Morgan fingerprint density at radius 3 is 2.79 bits per heavy atom. The van der Waals surface area contributed by atoms with Gasteiger partial charge < -0.3 is 4.57 Å². The Hall–Kier alpha value is -0.850. The predicted molar refractivity (Wildman–Crippen MR) is 76.7 cm³/mol. The van der Waals surface area contributed by atoms with Gasteiger partial charge in [0.1, 0.15) is 21.2 Å². The summed E-state index contributed by atoms with van der Waals surface area (Å²) in [5.41, 5.74) is 1.29. The zero-order valence-electron chi connectivity index (χ0n) is 10.3. The van der Waals surface area contributed by atoms with E-state index in [4.69, 9.17) is 23.2 Å². The van der Waals surface area contributed by atoms with Crippen molar-refractivity contribution in [2.75, 3.05) is 17.9 Å². The van der Waals surface area contributed by atoms with E-state index in [1.165, 1.54) is 12.5 Å². The van der Waals surface area contributed by atoms with Gasteiger partial charge in [-0.1, -0.05) is 11.6 Å². The van der Waals surface area contributed by atoms with Gasteiger partial charge in [0.15, 0.2) is 5.65 Å². The number of imidazole rings is 1. The topological polar surface area (TPSA) is 64.8 Å². The van der Waals surface area contributed by atoms with E-state index < -0.39 is 9.84 Å². The fourth-order valence-corrected chi connectivity index (χ4v) is 2.64. The van der Waals surface area contributed by atoms with Crippen LogP contribution < -0.4 is 0 Å². The van der Waals surface area contributed by atoms with E-state index in [1.54, 1.807) is 10.6 Å². The van der Waals surface area contributed by atoms with Gasteiger partial charge in [-0.3, -0.25) is 0 Å². The number of alkyl halides is 1. The summed E-state index contributed by atoms with van der Waals surface area (Å²) >= 11 is 11.6. The monoisotopic (exact) mass is 321 g/mol. The highest BCUT2D eigenvalue weighted by Crippen LogP contribution is 2.18. The number of aromatic nitrogens is 3. The fraction of sp³-hybridized carbons (Fsp3) is 0.455. The molecule has 0 N–H and O–H groups in total. The van der Waals surface area contributed by atoms with Gasteiger partial charge in [0.25, 0.3) is 0 Å². The van der Waals surface area contributed by atoms with Gasteiger partial charge in [-0.15, -0.1) is 11.6 Å². The normalized spacial score (nSPS) is 12.2. The van der Waals surface area contributed by atoms with E-state index in [0.717, 1.165) is 5.82 Å². The van der Waals surface area contributed by atoms with E-state index >= 15 is 0 Å². The number of pyridine rings is 1. The van der Waals surface area contributed by atoms with Gasteiger partial charge in [-0.25, -0.2) is 18.4 Å². The Bertz CT molecular complexity index is 697. The van der Waals surface area contributed by atoms with Crippen molar-refractivity contribution in [1.82, 2.24) is 14.5 Å². The van der Waals surface area contributed by atoms with E-state index in [9.17, 15) is 8.42 Å². The largest absolute Gasteiger partial charge is 0.312 e. The number of sulfone groups is 1. The first kappa shape index (κ1) is 14.6. The molecule has 0 fully saturated rings. The van der Waals surface area contributed by atoms with Crippen LogP contribution in [0.5, 0.6) is 0 Å². The van der Waals surface area contributed by atoms with Crippen molar-refractivity contribution >= 4 is 44.2 Å². The van der Waals surface area contributed by atoms with Crippen molar-refractivity contribution < 1.29 is 8.42 Å². The van der Waals surface area contributed by atoms with Crippen molar-refractivity contribution in [2.45, 2.75) is 13.0 Å². The fourth-order valence-electron chi connectivity index (χ4n) is 1.80. The van der Waals surface area contributed by atoms with Crippen molar-refractivity contribution in [3.8, 4) is 0 Å². The average molecular weight is 322 g/mol. The van der Waals surface area contributed by atoms with Crippen LogP contribution in [0.2, 0.25) is 5.02 Å². The van der Waals surface area contributed by atoms with Crippen LogP contribution in [0, 0.1) is 0 Å². The first-order chi connectivity index (χ1) is 8.90.